The Hall–Kier alpha value is -0.380. The van der Waals surface area contributed by atoms with Crippen molar-refractivity contribution < 1.29 is 9.84 Å². The molecule has 1 aliphatic rings. The molecule has 0 aromatic heterocycles. The van der Waals surface area contributed by atoms with E-state index in [9.17, 15) is 5.11 Å². The van der Waals surface area contributed by atoms with Gasteiger partial charge in [-0.1, -0.05) is 28.1 Å². The number of benzene rings is 1. The number of aryl methyl sites for hydroxylation is 1. The minimum Gasteiger partial charge on any atom is -0.388 e. The molecule has 2 rings (SSSR count). The van der Waals surface area contributed by atoms with E-state index < -0.39 is 0 Å². The van der Waals surface area contributed by atoms with Crippen LogP contribution in [0.25, 0.3) is 0 Å². The average Bonchev–Trinajstić information content (AvgIpc) is 2.30. The van der Waals surface area contributed by atoms with Crippen molar-refractivity contribution in [3.05, 3.63) is 33.8 Å². The van der Waals surface area contributed by atoms with Crippen LogP contribution < -0.4 is 0 Å². The van der Waals surface area contributed by atoms with Crippen molar-refractivity contribution in [1.29, 1.82) is 0 Å². The van der Waals surface area contributed by atoms with E-state index in [2.05, 4.69) is 28.9 Å². The van der Waals surface area contributed by atoms with E-state index in [0.29, 0.717) is 5.92 Å². The van der Waals surface area contributed by atoms with Crippen LogP contribution >= 0.6 is 15.9 Å². The van der Waals surface area contributed by atoms with E-state index in [1.807, 2.05) is 12.1 Å². The SMILES string of the molecule is Cc1ccc(C(O)CC2CCOCC2)c(Br)c1. The molecule has 2 nitrogen and oxygen atoms in total. The Labute approximate surface area is 111 Å². The molecule has 1 aromatic rings. The molecule has 0 radical (unpaired) electrons. The van der Waals surface area contributed by atoms with Crippen LogP contribution in [-0.2, 0) is 4.74 Å². The summed E-state index contributed by atoms with van der Waals surface area (Å²) in [4.78, 5) is 0. The Kier molecular flexibility index (Phi) is 4.60. The van der Waals surface area contributed by atoms with Gasteiger partial charge in [-0.15, -0.1) is 0 Å². The lowest BCUT2D eigenvalue weighted by molar-refractivity contribution is 0.0434. The van der Waals surface area contributed by atoms with Gasteiger partial charge in [0.1, 0.15) is 0 Å². The monoisotopic (exact) mass is 298 g/mol. The first-order chi connectivity index (χ1) is 8.16. The molecule has 17 heavy (non-hydrogen) atoms. The van der Waals surface area contributed by atoms with Crippen molar-refractivity contribution in [2.45, 2.75) is 32.3 Å². The van der Waals surface area contributed by atoms with Gasteiger partial charge in [0, 0.05) is 17.7 Å². The molecular weight excluding hydrogens is 280 g/mol. The number of hydrogen-bond donors (Lipinski definition) is 1. The molecule has 1 saturated heterocycles. The van der Waals surface area contributed by atoms with Gasteiger partial charge in [-0.05, 0) is 49.3 Å². The zero-order valence-corrected chi connectivity index (χ0v) is 11.7. The van der Waals surface area contributed by atoms with Crippen molar-refractivity contribution in [3.63, 3.8) is 0 Å². The van der Waals surface area contributed by atoms with Gasteiger partial charge in [-0.3, -0.25) is 0 Å². The first-order valence-corrected chi connectivity index (χ1v) is 6.98. The third-order valence-corrected chi connectivity index (χ3v) is 4.10. The van der Waals surface area contributed by atoms with Crippen LogP contribution in [0, 0.1) is 12.8 Å². The lowest BCUT2D eigenvalue weighted by Crippen LogP contribution is -2.18. The number of aliphatic hydroxyl groups is 1. The van der Waals surface area contributed by atoms with Crippen LogP contribution in [0.3, 0.4) is 0 Å². The molecule has 1 unspecified atom stereocenters. The van der Waals surface area contributed by atoms with E-state index in [-0.39, 0.29) is 6.10 Å². The highest BCUT2D eigenvalue weighted by Gasteiger charge is 2.20. The maximum absolute atomic E-state index is 10.3. The highest BCUT2D eigenvalue weighted by molar-refractivity contribution is 9.10. The van der Waals surface area contributed by atoms with Crippen molar-refractivity contribution >= 4 is 15.9 Å². The second kappa shape index (κ2) is 5.98. The van der Waals surface area contributed by atoms with Gasteiger partial charge in [0.15, 0.2) is 0 Å². The summed E-state index contributed by atoms with van der Waals surface area (Å²) in [6.07, 6.45) is 2.61. The van der Waals surface area contributed by atoms with Gasteiger partial charge in [0.25, 0.3) is 0 Å². The minimum atomic E-state index is -0.368. The Morgan fingerprint density at radius 3 is 2.76 bits per heavy atom. The van der Waals surface area contributed by atoms with E-state index in [1.165, 1.54) is 5.56 Å². The summed E-state index contributed by atoms with van der Waals surface area (Å²) in [6, 6.07) is 6.12. The molecule has 3 heteroatoms. The highest BCUT2D eigenvalue weighted by Crippen LogP contribution is 2.31. The largest absolute Gasteiger partial charge is 0.388 e. The topological polar surface area (TPSA) is 29.5 Å². The first-order valence-electron chi connectivity index (χ1n) is 6.18. The quantitative estimate of drug-likeness (QED) is 0.924. The van der Waals surface area contributed by atoms with Crippen LogP contribution in [0.2, 0.25) is 0 Å². The van der Waals surface area contributed by atoms with Crippen molar-refractivity contribution in [3.8, 4) is 0 Å². The van der Waals surface area contributed by atoms with Crippen molar-refractivity contribution in [1.82, 2.24) is 0 Å². The highest BCUT2D eigenvalue weighted by atomic mass is 79.9. The predicted molar refractivity (Wildman–Crippen MR) is 72.0 cm³/mol. The minimum absolute atomic E-state index is 0.368. The third-order valence-electron chi connectivity index (χ3n) is 3.41. The molecule has 0 spiro atoms. The fourth-order valence-electron chi connectivity index (χ4n) is 2.33. The van der Waals surface area contributed by atoms with Crippen LogP contribution in [0.5, 0.6) is 0 Å². The summed E-state index contributed by atoms with van der Waals surface area (Å²) >= 11 is 3.53. The van der Waals surface area contributed by atoms with Crippen LogP contribution in [0.15, 0.2) is 22.7 Å². The Morgan fingerprint density at radius 2 is 2.12 bits per heavy atom. The zero-order chi connectivity index (χ0) is 12.3. The number of halogens is 1. The fraction of sp³-hybridized carbons (Fsp3) is 0.571. The first kappa shape index (κ1) is 13.1. The number of hydrogen-bond acceptors (Lipinski definition) is 2. The van der Waals surface area contributed by atoms with Crippen LogP contribution in [-0.4, -0.2) is 18.3 Å². The van der Waals surface area contributed by atoms with Gasteiger partial charge in [-0.25, -0.2) is 0 Å². The molecule has 0 aliphatic carbocycles. The van der Waals surface area contributed by atoms with Gasteiger partial charge in [-0.2, -0.15) is 0 Å². The summed E-state index contributed by atoms with van der Waals surface area (Å²) < 4.78 is 6.35. The molecular formula is C14H19BrO2. The summed E-state index contributed by atoms with van der Waals surface area (Å²) in [5, 5.41) is 10.3. The lowest BCUT2D eigenvalue weighted by Gasteiger charge is -2.24. The molecule has 1 aliphatic heterocycles. The van der Waals surface area contributed by atoms with Gasteiger partial charge >= 0.3 is 0 Å². The molecule has 0 amide bonds. The second-order valence-corrected chi connectivity index (χ2v) is 5.69. The maximum atomic E-state index is 10.3. The number of rotatable bonds is 3. The third kappa shape index (κ3) is 3.54. The summed E-state index contributed by atoms with van der Waals surface area (Å²) in [5.74, 6) is 0.590. The average molecular weight is 299 g/mol. The maximum Gasteiger partial charge on any atom is 0.0803 e. The lowest BCUT2D eigenvalue weighted by atomic mass is 9.91. The summed E-state index contributed by atoms with van der Waals surface area (Å²) in [5.41, 5.74) is 2.21. The predicted octanol–water partition coefficient (Wildman–Crippen LogP) is 3.61. The molecule has 1 heterocycles. The van der Waals surface area contributed by atoms with E-state index >= 15 is 0 Å². The Morgan fingerprint density at radius 1 is 1.41 bits per heavy atom. The van der Waals surface area contributed by atoms with Gasteiger partial charge in [0.05, 0.1) is 6.10 Å². The summed E-state index contributed by atoms with van der Waals surface area (Å²) in [7, 11) is 0. The fourth-order valence-corrected chi connectivity index (χ4v) is 3.08. The molecule has 0 saturated carbocycles. The van der Waals surface area contributed by atoms with Gasteiger partial charge < -0.3 is 9.84 Å². The second-order valence-electron chi connectivity index (χ2n) is 4.83. The van der Waals surface area contributed by atoms with E-state index in [1.54, 1.807) is 0 Å². The molecule has 1 atom stereocenters. The molecule has 1 aromatic carbocycles. The number of aliphatic hydroxyl groups excluding tert-OH is 1. The van der Waals surface area contributed by atoms with Crippen molar-refractivity contribution in [2.75, 3.05) is 13.2 Å². The normalized spacial score (nSPS) is 19.2. The van der Waals surface area contributed by atoms with Crippen molar-refractivity contribution in [2.24, 2.45) is 5.92 Å². The Bertz CT molecular complexity index is 372. The molecule has 1 N–H and O–H groups in total. The van der Waals surface area contributed by atoms with Crippen LogP contribution in [0.4, 0.5) is 0 Å². The molecule has 94 valence electrons. The van der Waals surface area contributed by atoms with E-state index in [0.717, 1.165) is 42.5 Å². The smallest absolute Gasteiger partial charge is 0.0803 e. The zero-order valence-electron chi connectivity index (χ0n) is 10.2. The number of ether oxygens (including phenoxy) is 1. The Balaban J connectivity index is 2.00. The molecule has 1 fully saturated rings. The standard InChI is InChI=1S/C14H19BrO2/c1-10-2-3-12(13(15)8-10)14(16)9-11-4-6-17-7-5-11/h2-3,8,11,14,16H,4-7,9H2,1H3. The van der Waals surface area contributed by atoms with E-state index in [4.69, 9.17) is 4.74 Å². The molecule has 0 bridgehead atoms. The van der Waals surface area contributed by atoms with Crippen LogP contribution in [0.1, 0.15) is 36.5 Å². The summed E-state index contributed by atoms with van der Waals surface area (Å²) in [6.45, 7) is 3.73. The van der Waals surface area contributed by atoms with Gasteiger partial charge in [0.2, 0.25) is 0 Å².